The van der Waals surface area contributed by atoms with Gasteiger partial charge in [-0.3, -0.25) is 4.79 Å². The van der Waals surface area contributed by atoms with E-state index in [2.05, 4.69) is 4.98 Å². The molecule has 2 aromatic rings. The Morgan fingerprint density at radius 3 is 2.86 bits per heavy atom. The highest BCUT2D eigenvalue weighted by atomic mass is 32.2. The van der Waals surface area contributed by atoms with Crippen molar-refractivity contribution >= 4 is 27.3 Å². The summed E-state index contributed by atoms with van der Waals surface area (Å²) in [6.07, 6.45) is 1.20. The first-order valence-corrected chi connectivity index (χ1v) is 8.82. The normalized spacial score (nSPS) is 13.0. The summed E-state index contributed by atoms with van der Waals surface area (Å²) in [4.78, 5) is 16.2. The molecule has 0 radical (unpaired) electrons. The minimum Gasteiger partial charge on any atom is -0.462 e. The summed E-state index contributed by atoms with van der Waals surface area (Å²) in [5, 5.41) is 1.83. The molecule has 1 atom stereocenters. The summed E-state index contributed by atoms with van der Waals surface area (Å²) >= 11 is 1.45. The van der Waals surface area contributed by atoms with E-state index in [1.165, 1.54) is 37.7 Å². The molecule has 0 aromatic carbocycles. The minimum atomic E-state index is -3.80. The van der Waals surface area contributed by atoms with Gasteiger partial charge in [-0.2, -0.15) is 0 Å². The Hall–Kier alpha value is -1.71. The van der Waals surface area contributed by atoms with Gasteiger partial charge in [0.1, 0.15) is 17.2 Å². The lowest BCUT2D eigenvalue weighted by Gasteiger charge is -2.12. The first-order chi connectivity index (χ1) is 10.3. The van der Waals surface area contributed by atoms with Crippen LogP contribution in [0.5, 0.6) is 0 Å². The van der Waals surface area contributed by atoms with Crippen molar-refractivity contribution in [2.24, 2.45) is 0 Å². The summed E-state index contributed by atoms with van der Waals surface area (Å²) < 4.78 is 35.9. The van der Waals surface area contributed by atoms with Crippen LogP contribution in [0.2, 0.25) is 0 Å². The number of hydrogen-bond donors (Lipinski definition) is 1. The van der Waals surface area contributed by atoms with Gasteiger partial charge in [0.25, 0.3) is 5.91 Å². The van der Waals surface area contributed by atoms with E-state index >= 15 is 0 Å². The van der Waals surface area contributed by atoms with Gasteiger partial charge in [0.2, 0.25) is 10.0 Å². The fourth-order valence-electron chi connectivity index (χ4n) is 1.68. The average Bonchev–Trinajstić information content (AvgIpc) is 3.06. The zero-order valence-electron chi connectivity index (χ0n) is 12.3. The Balaban J connectivity index is 2.12. The van der Waals surface area contributed by atoms with E-state index in [0.29, 0.717) is 11.5 Å². The number of thiazole rings is 1. The number of aromatic nitrogens is 1. The number of rotatable bonds is 6. The van der Waals surface area contributed by atoms with Crippen molar-refractivity contribution in [3.63, 3.8) is 0 Å². The molecule has 22 heavy (non-hydrogen) atoms. The molecule has 0 spiro atoms. The Labute approximate surface area is 132 Å². The van der Waals surface area contributed by atoms with Crippen LogP contribution in [0.25, 0.3) is 11.5 Å². The SMILES string of the molecule is COCC(C)S(=O)(=O)NC(=O)c1coc(-c2csc(C)n2)c1. The Bertz CT molecular complexity index is 763. The third-order valence-corrected chi connectivity index (χ3v) is 5.34. The van der Waals surface area contributed by atoms with Crippen molar-refractivity contribution in [1.82, 2.24) is 9.71 Å². The molecule has 0 aliphatic rings. The molecule has 0 bridgehead atoms. The quantitative estimate of drug-likeness (QED) is 0.858. The number of carbonyl (C=O) groups excluding carboxylic acids is 1. The number of furan rings is 1. The lowest BCUT2D eigenvalue weighted by Crippen LogP contribution is -2.38. The monoisotopic (exact) mass is 344 g/mol. The molecule has 0 aliphatic heterocycles. The van der Waals surface area contributed by atoms with Crippen molar-refractivity contribution in [3.05, 3.63) is 28.3 Å². The second-order valence-corrected chi connectivity index (χ2v) is 7.85. The number of methoxy groups -OCH3 is 1. The highest BCUT2D eigenvalue weighted by Gasteiger charge is 2.24. The number of carbonyl (C=O) groups is 1. The van der Waals surface area contributed by atoms with E-state index in [4.69, 9.17) is 9.15 Å². The molecule has 120 valence electrons. The van der Waals surface area contributed by atoms with E-state index in [1.807, 2.05) is 11.6 Å². The van der Waals surface area contributed by atoms with Gasteiger partial charge in [-0.25, -0.2) is 18.1 Å². The summed E-state index contributed by atoms with van der Waals surface area (Å²) in [6, 6.07) is 1.46. The van der Waals surface area contributed by atoms with E-state index in [1.54, 1.807) is 5.38 Å². The smallest absolute Gasteiger partial charge is 0.268 e. The van der Waals surface area contributed by atoms with Gasteiger partial charge < -0.3 is 9.15 Å². The van der Waals surface area contributed by atoms with Gasteiger partial charge >= 0.3 is 0 Å². The number of nitrogens with zero attached hydrogens (tertiary/aromatic N) is 1. The van der Waals surface area contributed by atoms with E-state index < -0.39 is 21.2 Å². The zero-order valence-corrected chi connectivity index (χ0v) is 14.0. The molecule has 2 rings (SSSR count). The fraction of sp³-hybridized carbons (Fsp3) is 0.385. The second-order valence-electron chi connectivity index (χ2n) is 4.69. The van der Waals surface area contributed by atoms with Gasteiger partial charge in [-0.1, -0.05) is 0 Å². The van der Waals surface area contributed by atoms with Gasteiger partial charge in [0, 0.05) is 12.5 Å². The molecular weight excluding hydrogens is 328 g/mol. The lowest BCUT2D eigenvalue weighted by molar-refractivity contribution is 0.0980. The number of sulfonamides is 1. The lowest BCUT2D eigenvalue weighted by atomic mass is 10.3. The first kappa shape index (κ1) is 16.7. The average molecular weight is 344 g/mol. The van der Waals surface area contributed by atoms with Crippen LogP contribution < -0.4 is 4.72 Å². The highest BCUT2D eigenvalue weighted by Crippen LogP contribution is 2.23. The molecule has 0 saturated heterocycles. The van der Waals surface area contributed by atoms with E-state index in [-0.39, 0.29) is 12.2 Å². The molecule has 2 aromatic heterocycles. The maximum absolute atomic E-state index is 12.0. The third kappa shape index (κ3) is 3.73. The Morgan fingerprint density at radius 2 is 2.27 bits per heavy atom. The van der Waals surface area contributed by atoms with Crippen LogP contribution >= 0.6 is 11.3 Å². The molecule has 7 nitrogen and oxygen atoms in total. The molecule has 0 saturated carbocycles. The third-order valence-electron chi connectivity index (χ3n) is 2.90. The predicted molar refractivity (Wildman–Crippen MR) is 82.3 cm³/mol. The van der Waals surface area contributed by atoms with Crippen LogP contribution in [0.1, 0.15) is 22.3 Å². The highest BCUT2D eigenvalue weighted by molar-refractivity contribution is 7.90. The van der Waals surface area contributed by atoms with Crippen molar-refractivity contribution in [3.8, 4) is 11.5 Å². The van der Waals surface area contributed by atoms with Gasteiger partial charge in [0.15, 0.2) is 5.76 Å². The van der Waals surface area contributed by atoms with Crippen LogP contribution in [0.4, 0.5) is 0 Å². The van der Waals surface area contributed by atoms with Crippen LogP contribution in [-0.4, -0.2) is 38.3 Å². The molecule has 0 aliphatic carbocycles. The molecule has 9 heteroatoms. The van der Waals surface area contributed by atoms with Crippen LogP contribution in [-0.2, 0) is 14.8 Å². The zero-order chi connectivity index (χ0) is 16.3. The molecule has 2 heterocycles. The van der Waals surface area contributed by atoms with Crippen molar-refractivity contribution in [2.45, 2.75) is 19.1 Å². The summed E-state index contributed by atoms with van der Waals surface area (Å²) in [5.41, 5.74) is 0.728. The van der Waals surface area contributed by atoms with E-state index in [0.717, 1.165) is 5.01 Å². The number of aryl methyl sites for hydroxylation is 1. The molecule has 1 N–H and O–H groups in total. The van der Waals surface area contributed by atoms with Gasteiger partial charge in [-0.15, -0.1) is 11.3 Å². The second kappa shape index (κ2) is 6.59. The first-order valence-electron chi connectivity index (χ1n) is 6.39. The van der Waals surface area contributed by atoms with Crippen LogP contribution in [0.15, 0.2) is 22.1 Å². The topological polar surface area (TPSA) is 98.5 Å². The van der Waals surface area contributed by atoms with E-state index in [9.17, 15) is 13.2 Å². The standard InChI is InChI=1S/C13H16N2O5S2/c1-8(5-19-3)22(17,18)15-13(16)10-4-12(20-6-10)11-7-21-9(2)14-11/h4,6-8H,5H2,1-3H3,(H,15,16). The summed E-state index contributed by atoms with van der Waals surface area (Å²) in [5.74, 6) is -0.332. The largest absolute Gasteiger partial charge is 0.462 e. The maximum Gasteiger partial charge on any atom is 0.268 e. The molecule has 1 unspecified atom stereocenters. The fourth-order valence-corrected chi connectivity index (χ4v) is 3.17. The number of nitrogens with one attached hydrogen (secondary N) is 1. The molecule has 0 fully saturated rings. The summed E-state index contributed by atoms with van der Waals surface area (Å²) in [7, 11) is -2.41. The summed E-state index contributed by atoms with van der Waals surface area (Å²) in [6.45, 7) is 3.31. The number of hydrogen-bond acceptors (Lipinski definition) is 7. The molecular formula is C13H16N2O5S2. The predicted octanol–water partition coefficient (Wildman–Crippen LogP) is 1.81. The maximum atomic E-state index is 12.0. The van der Waals surface area contributed by atoms with Crippen molar-refractivity contribution in [1.29, 1.82) is 0 Å². The minimum absolute atomic E-state index is 0.00263. The number of ether oxygens (including phenoxy) is 1. The van der Waals surface area contributed by atoms with Crippen LogP contribution in [0, 0.1) is 6.92 Å². The van der Waals surface area contributed by atoms with Gasteiger partial charge in [-0.05, 0) is 19.9 Å². The van der Waals surface area contributed by atoms with Crippen LogP contribution in [0.3, 0.4) is 0 Å². The Morgan fingerprint density at radius 1 is 1.55 bits per heavy atom. The molecule has 1 amide bonds. The number of amides is 1. The Kier molecular flexibility index (Phi) is 4.99. The van der Waals surface area contributed by atoms with Gasteiger partial charge in [0.05, 0.1) is 17.2 Å². The van der Waals surface area contributed by atoms with Crippen molar-refractivity contribution < 1.29 is 22.4 Å². The van der Waals surface area contributed by atoms with Crippen molar-refractivity contribution in [2.75, 3.05) is 13.7 Å².